The van der Waals surface area contributed by atoms with Crippen LogP contribution >= 0.6 is 11.3 Å². The lowest BCUT2D eigenvalue weighted by Crippen LogP contribution is -2.25. The summed E-state index contributed by atoms with van der Waals surface area (Å²) in [5, 5.41) is 9.40. The topological polar surface area (TPSA) is 105 Å². The number of hydrogen-bond acceptors (Lipinski definition) is 6. The van der Waals surface area contributed by atoms with Gasteiger partial charge in [0.05, 0.1) is 5.69 Å². The third kappa shape index (κ3) is 3.47. The molecule has 0 aliphatic carbocycles. The molecule has 2 aromatic rings. The number of benzene rings is 1. The van der Waals surface area contributed by atoms with E-state index in [1.165, 1.54) is 0 Å². The van der Waals surface area contributed by atoms with Gasteiger partial charge in [-0.3, -0.25) is 0 Å². The Hall–Kier alpha value is -1.64. The summed E-state index contributed by atoms with van der Waals surface area (Å²) >= 11 is 0.953. The first-order valence-corrected chi connectivity index (χ1v) is 8.19. The maximum absolute atomic E-state index is 12.1. The Balaban J connectivity index is 1.99. The third-order valence-corrected chi connectivity index (χ3v) is 5.71. The molecule has 0 fully saturated rings. The van der Waals surface area contributed by atoms with Gasteiger partial charge in [-0.05, 0) is 31.0 Å². The molecule has 0 bridgehead atoms. The summed E-state index contributed by atoms with van der Waals surface area (Å²) in [6.07, 6.45) is 0.535. The molecule has 0 aliphatic rings. The number of anilines is 1. The summed E-state index contributed by atoms with van der Waals surface area (Å²) in [7, 11) is -3.57. The summed E-state index contributed by atoms with van der Waals surface area (Å²) in [5.41, 5.74) is 6.84. The van der Waals surface area contributed by atoms with Crippen molar-refractivity contribution in [1.82, 2.24) is 9.71 Å². The van der Waals surface area contributed by atoms with Gasteiger partial charge >= 0.3 is 0 Å². The van der Waals surface area contributed by atoms with Crippen LogP contribution < -0.4 is 10.5 Å². The van der Waals surface area contributed by atoms with Crippen molar-refractivity contribution in [1.29, 1.82) is 0 Å². The highest BCUT2D eigenvalue weighted by molar-refractivity contribution is 7.91. The molecule has 0 aliphatic heterocycles. The van der Waals surface area contributed by atoms with Crippen molar-refractivity contribution in [2.75, 3.05) is 12.3 Å². The van der Waals surface area contributed by atoms with E-state index in [0.717, 1.165) is 16.9 Å². The van der Waals surface area contributed by atoms with E-state index in [0.29, 0.717) is 12.1 Å². The lowest BCUT2D eigenvalue weighted by molar-refractivity contribution is 0.475. The van der Waals surface area contributed by atoms with E-state index in [9.17, 15) is 8.42 Å². The van der Waals surface area contributed by atoms with Gasteiger partial charge in [0.2, 0.25) is 0 Å². The molecule has 4 N–H and O–H groups in total. The molecule has 0 unspecified atom stereocenters. The smallest absolute Gasteiger partial charge is 0.252 e. The Kier molecular flexibility index (Phi) is 4.26. The van der Waals surface area contributed by atoms with Crippen LogP contribution in [0.5, 0.6) is 5.75 Å². The number of phenolic OH excluding ortho intramolecular Hbond substituents is 1. The predicted octanol–water partition coefficient (Wildman–Crippen LogP) is 1.26. The number of nitrogens with one attached hydrogen (secondary N) is 1. The van der Waals surface area contributed by atoms with Crippen molar-refractivity contribution in [2.24, 2.45) is 0 Å². The van der Waals surface area contributed by atoms with Gasteiger partial charge in [0.15, 0.2) is 9.34 Å². The van der Waals surface area contributed by atoms with Crippen LogP contribution in [-0.2, 0) is 16.4 Å². The number of nitrogens with two attached hydrogens (primary N) is 1. The highest BCUT2D eigenvalue weighted by Crippen LogP contribution is 2.24. The quantitative estimate of drug-likeness (QED) is 0.770. The molecule has 108 valence electrons. The van der Waals surface area contributed by atoms with Crippen LogP contribution in [0.25, 0.3) is 0 Å². The number of aromatic nitrogens is 1. The van der Waals surface area contributed by atoms with Crippen LogP contribution in [0, 0.1) is 6.92 Å². The fraction of sp³-hybridized carbons (Fsp3) is 0.250. The largest absolute Gasteiger partial charge is 0.508 e. The van der Waals surface area contributed by atoms with Crippen molar-refractivity contribution < 1.29 is 13.5 Å². The average molecular weight is 313 g/mol. The maximum atomic E-state index is 12.1. The zero-order chi connectivity index (χ0) is 14.8. The molecular weight excluding hydrogens is 298 g/mol. The van der Waals surface area contributed by atoms with Gasteiger partial charge < -0.3 is 10.8 Å². The molecule has 1 heterocycles. The molecule has 0 radical (unpaired) electrons. The normalized spacial score (nSPS) is 11.7. The summed E-state index contributed by atoms with van der Waals surface area (Å²) in [4.78, 5) is 3.90. The fourth-order valence-corrected chi connectivity index (χ4v) is 4.08. The van der Waals surface area contributed by atoms with Crippen LogP contribution in [0.2, 0.25) is 0 Å². The lowest BCUT2D eigenvalue weighted by atomic mass is 10.1. The van der Waals surface area contributed by atoms with Gasteiger partial charge in [0.1, 0.15) is 5.75 Å². The van der Waals surface area contributed by atoms with Crippen molar-refractivity contribution in [3.05, 3.63) is 35.5 Å². The number of thiazole rings is 1. The molecule has 0 saturated carbocycles. The number of rotatable bonds is 5. The zero-order valence-electron chi connectivity index (χ0n) is 10.8. The molecule has 0 saturated heterocycles. The van der Waals surface area contributed by atoms with Gasteiger partial charge in [-0.15, -0.1) is 0 Å². The van der Waals surface area contributed by atoms with E-state index in [2.05, 4.69) is 9.71 Å². The SMILES string of the molecule is Cc1nc(N)sc1S(=O)(=O)NCCc1ccc(O)cc1. The maximum Gasteiger partial charge on any atom is 0.252 e. The number of nitrogen functional groups attached to an aromatic ring is 1. The molecule has 1 aromatic carbocycles. The monoisotopic (exact) mass is 313 g/mol. The van der Waals surface area contributed by atoms with E-state index >= 15 is 0 Å². The van der Waals surface area contributed by atoms with E-state index < -0.39 is 10.0 Å². The molecular formula is C12H15N3O3S2. The van der Waals surface area contributed by atoms with Crippen LogP contribution in [0.3, 0.4) is 0 Å². The number of nitrogens with zero attached hydrogens (tertiary/aromatic N) is 1. The molecule has 2 rings (SSSR count). The molecule has 0 spiro atoms. The molecule has 6 nitrogen and oxygen atoms in total. The van der Waals surface area contributed by atoms with Crippen molar-refractivity contribution in [2.45, 2.75) is 17.6 Å². The third-order valence-electron chi connectivity index (χ3n) is 2.66. The first-order chi connectivity index (χ1) is 9.38. The van der Waals surface area contributed by atoms with Crippen LogP contribution in [0.4, 0.5) is 5.13 Å². The van der Waals surface area contributed by atoms with Crippen molar-refractivity contribution >= 4 is 26.5 Å². The standard InChI is InChI=1S/C12H15N3O3S2/c1-8-11(19-12(13)15-8)20(17,18)14-7-6-9-2-4-10(16)5-3-9/h2-5,14,16H,6-7H2,1H3,(H2,13,15). The summed E-state index contributed by atoms with van der Waals surface area (Å²) in [5.74, 6) is 0.185. The minimum atomic E-state index is -3.57. The number of sulfonamides is 1. The predicted molar refractivity (Wildman–Crippen MR) is 78.3 cm³/mol. The number of hydrogen-bond donors (Lipinski definition) is 3. The number of aromatic hydroxyl groups is 1. The highest BCUT2D eigenvalue weighted by Gasteiger charge is 2.20. The van der Waals surface area contributed by atoms with Crippen molar-refractivity contribution in [3.8, 4) is 5.75 Å². The van der Waals surface area contributed by atoms with Gasteiger partial charge in [-0.1, -0.05) is 23.5 Å². The number of phenols is 1. The van der Waals surface area contributed by atoms with E-state index in [4.69, 9.17) is 10.8 Å². The van der Waals surface area contributed by atoms with Gasteiger partial charge in [-0.2, -0.15) is 0 Å². The second-order valence-corrected chi connectivity index (χ2v) is 7.23. The highest BCUT2D eigenvalue weighted by atomic mass is 32.2. The second-order valence-electron chi connectivity index (χ2n) is 4.24. The molecule has 8 heteroatoms. The minimum absolute atomic E-state index is 0.153. The Bertz CT molecular complexity index is 693. The first-order valence-electron chi connectivity index (χ1n) is 5.89. The lowest BCUT2D eigenvalue weighted by Gasteiger charge is -2.05. The van der Waals surface area contributed by atoms with Crippen LogP contribution in [-0.4, -0.2) is 25.1 Å². The van der Waals surface area contributed by atoms with Crippen LogP contribution in [0.1, 0.15) is 11.3 Å². The Morgan fingerprint density at radius 2 is 2.00 bits per heavy atom. The summed E-state index contributed by atoms with van der Waals surface area (Å²) in [6, 6.07) is 6.63. The van der Waals surface area contributed by atoms with Gasteiger partial charge in [0.25, 0.3) is 10.0 Å². The first kappa shape index (κ1) is 14.8. The van der Waals surface area contributed by atoms with Crippen molar-refractivity contribution in [3.63, 3.8) is 0 Å². The van der Waals surface area contributed by atoms with Gasteiger partial charge in [0, 0.05) is 6.54 Å². The van der Waals surface area contributed by atoms with E-state index in [-0.39, 0.29) is 21.6 Å². The Morgan fingerprint density at radius 3 is 2.55 bits per heavy atom. The van der Waals surface area contributed by atoms with E-state index in [1.807, 2.05) is 0 Å². The Labute approximate surface area is 121 Å². The summed E-state index contributed by atoms with van der Waals surface area (Å²) < 4.78 is 26.8. The second kappa shape index (κ2) is 5.78. The Morgan fingerprint density at radius 1 is 1.35 bits per heavy atom. The molecule has 0 amide bonds. The minimum Gasteiger partial charge on any atom is -0.508 e. The van der Waals surface area contributed by atoms with E-state index in [1.54, 1.807) is 31.2 Å². The molecule has 1 aromatic heterocycles. The van der Waals surface area contributed by atoms with Crippen LogP contribution in [0.15, 0.2) is 28.5 Å². The summed E-state index contributed by atoms with van der Waals surface area (Å²) in [6.45, 7) is 1.88. The van der Waals surface area contributed by atoms with Gasteiger partial charge in [-0.25, -0.2) is 18.1 Å². The fourth-order valence-electron chi connectivity index (χ4n) is 1.71. The zero-order valence-corrected chi connectivity index (χ0v) is 12.5. The average Bonchev–Trinajstić information content (AvgIpc) is 2.72. The molecule has 0 atom stereocenters. The molecule has 20 heavy (non-hydrogen) atoms. The number of aryl methyl sites for hydroxylation is 1.